The van der Waals surface area contributed by atoms with E-state index in [1.54, 1.807) is 0 Å². The van der Waals surface area contributed by atoms with Crippen LogP contribution in [-0.4, -0.2) is 0 Å². The Morgan fingerprint density at radius 3 is 1.51 bits per heavy atom. The monoisotopic (exact) mass is 725 g/mol. The second kappa shape index (κ2) is 14.6. The van der Waals surface area contributed by atoms with Crippen LogP contribution in [0.25, 0.3) is 82.5 Å². The molecule has 0 bridgehead atoms. The fourth-order valence-electron chi connectivity index (χ4n) is 8.47. The predicted molar refractivity (Wildman–Crippen MR) is 247 cm³/mol. The summed E-state index contributed by atoms with van der Waals surface area (Å²) in [4.78, 5) is 2.40. The molecule has 0 aromatic heterocycles. The Hall–Kier alpha value is -7.48. The molecule has 57 heavy (non-hydrogen) atoms. The van der Waals surface area contributed by atoms with Crippen molar-refractivity contribution in [2.45, 2.75) is 0 Å². The van der Waals surface area contributed by atoms with Gasteiger partial charge in [-0.1, -0.05) is 183 Å². The first kappa shape index (κ1) is 34.0. The normalized spacial score (nSPS) is 11.5. The van der Waals surface area contributed by atoms with Crippen LogP contribution in [0.15, 0.2) is 225 Å². The summed E-state index contributed by atoms with van der Waals surface area (Å²) in [5, 5.41) is 9.91. The molecule has 10 aromatic carbocycles. The van der Waals surface area contributed by atoms with E-state index >= 15 is 0 Å². The average Bonchev–Trinajstić information content (AvgIpc) is 3.28. The van der Waals surface area contributed by atoms with Crippen LogP contribution in [0.1, 0.15) is 5.56 Å². The largest absolute Gasteiger partial charge is 0.310 e. The molecule has 0 N–H and O–H groups in total. The molecule has 0 unspecified atom stereocenters. The summed E-state index contributed by atoms with van der Waals surface area (Å²) in [5.74, 6) is 0. The lowest BCUT2D eigenvalue weighted by Crippen LogP contribution is -2.10. The standard InChI is InChI=1S/C56H39N/c1-2-3-15-44-36-42-18-7-8-19-43(42)37-54(44)40-26-30-46(31-27-40)57(56-35-34-49(39-16-5-4-6-17-39)51-23-13-14-25-53(51)56)47-32-28-41(29-33-47)55-38-45-20-9-10-21-48(45)50-22-11-12-24-52(50)55/h2-38H,1H2/b15-3-. The SMILES string of the molecule is C=C/C=C\c1cc2ccccc2cc1-c1ccc(N(c2ccc(-c3cc4ccccc4c4ccccc34)cc2)c2ccc(-c3ccccc3)c3ccccc23)cc1. The third-order valence-electron chi connectivity index (χ3n) is 11.2. The van der Waals surface area contributed by atoms with E-state index in [4.69, 9.17) is 0 Å². The van der Waals surface area contributed by atoms with Gasteiger partial charge < -0.3 is 4.90 Å². The highest BCUT2D eigenvalue weighted by atomic mass is 15.1. The number of benzene rings is 10. The van der Waals surface area contributed by atoms with Crippen LogP contribution in [0.4, 0.5) is 17.1 Å². The summed E-state index contributed by atoms with van der Waals surface area (Å²) in [6.07, 6.45) is 6.00. The quantitative estimate of drug-likeness (QED) is 0.111. The number of rotatable bonds is 8. The molecule has 0 aliphatic carbocycles. The van der Waals surface area contributed by atoms with E-state index in [2.05, 4.69) is 224 Å². The van der Waals surface area contributed by atoms with E-state index in [1.807, 2.05) is 12.2 Å². The van der Waals surface area contributed by atoms with E-state index in [0.29, 0.717) is 0 Å². The molecule has 0 spiro atoms. The average molecular weight is 726 g/mol. The minimum atomic E-state index is 1.09. The Morgan fingerprint density at radius 2 is 0.842 bits per heavy atom. The molecule has 0 radical (unpaired) electrons. The number of anilines is 3. The zero-order valence-corrected chi connectivity index (χ0v) is 31.5. The van der Waals surface area contributed by atoms with Crippen molar-refractivity contribution in [1.82, 2.24) is 0 Å². The lowest BCUT2D eigenvalue weighted by Gasteiger charge is -2.28. The minimum absolute atomic E-state index is 1.09. The zero-order valence-electron chi connectivity index (χ0n) is 31.5. The Kier molecular flexibility index (Phi) is 8.74. The van der Waals surface area contributed by atoms with Gasteiger partial charge in [-0.05, 0) is 125 Å². The molecule has 0 saturated heterocycles. The van der Waals surface area contributed by atoms with E-state index in [0.717, 1.165) is 28.2 Å². The minimum Gasteiger partial charge on any atom is -0.310 e. The highest BCUT2D eigenvalue weighted by Gasteiger charge is 2.19. The van der Waals surface area contributed by atoms with Crippen LogP contribution >= 0.6 is 0 Å². The molecule has 10 aromatic rings. The summed E-state index contributed by atoms with van der Waals surface area (Å²) in [6.45, 7) is 3.93. The van der Waals surface area contributed by atoms with Crippen LogP contribution in [-0.2, 0) is 0 Å². The first-order valence-corrected chi connectivity index (χ1v) is 19.5. The highest BCUT2D eigenvalue weighted by Crippen LogP contribution is 2.44. The summed E-state index contributed by atoms with van der Waals surface area (Å²) in [6, 6.07) is 75.1. The summed E-state index contributed by atoms with van der Waals surface area (Å²) >= 11 is 0. The first-order valence-electron chi connectivity index (χ1n) is 19.5. The van der Waals surface area contributed by atoms with Crippen LogP contribution in [0.2, 0.25) is 0 Å². The molecule has 1 nitrogen and oxygen atoms in total. The van der Waals surface area contributed by atoms with Crippen molar-refractivity contribution in [1.29, 1.82) is 0 Å². The summed E-state index contributed by atoms with van der Waals surface area (Å²) in [5.41, 5.74) is 11.7. The van der Waals surface area contributed by atoms with Crippen molar-refractivity contribution in [3.63, 3.8) is 0 Å². The Balaban J connectivity index is 1.13. The molecular weight excluding hydrogens is 687 g/mol. The van der Waals surface area contributed by atoms with Crippen molar-refractivity contribution in [3.8, 4) is 33.4 Å². The topological polar surface area (TPSA) is 3.24 Å². The molecule has 0 fully saturated rings. The first-order chi connectivity index (χ1) is 28.2. The zero-order chi connectivity index (χ0) is 38.1. The maximum absolute atomic E-state index is 3.93. The van der Waals surface area contributed by atoms with Gasteiger partial charge in [-0.25, -0.2) is 0 Å². The molecule has 0 aliphatic heterocycles. The van der Waals surface area contributed by atoms with Crippen molar-refractivity contribution < 1.29 is 0 Å². The predicted octanol–water partition coefficient (Wildman–Crippen LogP) is 16.0. The lowest BCUT2D eigenvalue weighted by atomic mass is 9.93. The Bertz CT molecular complexity index is 3120. The molecule has 0 atom stereocenters. The smallest absolute Gasteiger partial charge is 0.0540 e. The van der Waals surface area contributed by atoms with E-state index in [-0.39, 0.29) is 0 Å². The second-order valence-electron chi connectivity index (χ2n) is 14.5. The van der Waals surface area contributed by atoms with Crippen molar-refractivity contribution in [2.24, 2.45) is 0 Å². The Morgan fingerprint density at radius 1 is 0.351 bits per heavy atom. The van der Waals surface area contributed by atoms with Crippen molar-refractivity contribution in [3.05, 3.63) is 231 Å². The molecule has 0 saturated carbocycles. The molecule has 0 heterocycles. The van der Waals surface area contributed by atoms with E-state index in [9.17, 15) is 0 Å². The molecular formula is C56H39N. The third-order valence-corrected chi connectivity index (χ3v) is 11.2. The van der Waals surface area contributed by atoms with Gasteiger partial charge in [0.25, 0.3) is 0 Å². The van der Waals surface area contributed by atoms with Gasteiger partial charge in [-0.3, -0.25) is 0 Å². The van der Waals surface area contributed by atoms with Gasteiger partial charge in [-0.15, -0.1) is 0 Å². The van der Waals surface area contributed by atoms with Gasteiger partial charge in [-0.2, -0.15) is 0 Å². The van der Waals surface area contributed by atoms with Crippen LogP contribution < -0.4 is 4.90 Å². The molecule has 10 rings (SSSR count). The maximum atomic E-state index is 3.93. The van der Waals surface area contributed by atoms with Gasteiger partial charge in [0.05, 0.1) is 5.69 Å². The van der Waals surface area contributed by atoms with Gasteiger partial charge in [0.15, 0.2) is 0 Å². The third kappa shape index (κ3) is 6.26. The number of hydrogen-bond donors (Lipinski definition) is 0. The number of fused-ring (bicyclic) bond motifs is 5. The molecule has 268 valence electrons. The number of nitrogens with zero attached hydrogens (tertiary/aromatic N) is 1. The van der Waals surface area contributed by atoms with Gasteiger partial charge in [0.2, 0.25) is 0 Å². The van der Waals surface area contributed by atoms with Crippen molar-refractivity contribution in [2.75, 3.05) is 4.90 Å². The fourth-order valence-corrected chi connectivity index (χ4v) is 8.47. The van der Waals surface area contributed by atoms with E-state index < -0.39 is 0 Å². The van der Waals surface area contributed by atoms with Gasteiger partial charge >= 0.3 is 0 Å². The lowest BCUT2D eigenvalue weighted by molar-refractivity contribution is 1.30. The van der Waals surface area contributed by atoms with Crippen LogP contribution in [0.3, 0.4) is 0 Å². The Labute approximate surface area is 333 Å². The maximum Gasteiger partial charge on any atom is 0.0540 e. The second-order valence-corrected chi connectivity index (χ2v) is 14.5. The van der Waals surface area contributed by atoms with E-state index in [1.165, 1.54) is 70.9 Å². The van der Waals surface area contributed by atoms with Gasteiger partial charge in [0, 0.05) is 16.8 Å². The fraction of sp³-hybridized carbons (Fsp3) is 0. The number of hydrogen-bond acceptors (Lipinski definition) is 1. The molecule has 0 amide bonds. The van der Waals surface area contributed by atoms with Gasteiger partial charge in [0.1, 0.15) is 0 Å². The molecule has 1 heteroatoms. The number of allylic oxidation sites excluding steroid dienone is 2. The van der Waals surface area contributed by atoms with Crippen molar-refractivity contribution >= 4 is 66.2 Å². The highest BCUT2D eigenvalue weighted by molar-refractivity contribution is 6.14. The summed E-state index contributed by atoms with van der Waals surface area (Å²) < 4.78 is 0. The summed E-state index contributed by atoms with van der Waals surface area (Å²) in [7, 11) is 0. The van der Waals surface area contributed by atoms with Crippen LogP contribution in [0.5, 0.6) is 0 Å². The van der Waals surface area contributed by atoms with Crippen LogP contribution in [0, 0.1) is 0 Å². The molecule has 0 aliphatic rings.